The molecule has 0 radical (unpaired) electrons. The lowest BCUT2D eigenvalue weighted by Gasteiger charge is -1.92. The maximum absolute atomic E-state index is 7.35. The first-order valence-corrected chi connectivity index (χ1v) is 1.54. The fraction of sp³-hybridized carbons (Fsp3) is 1.00. The Morgan fingerprint density at radius 1 is 1.67 bits per heavy atom. The van der Waals surface area contributed by atoms with Crippen molar-refractivity contribution in [2.45, 2.75) is 31.5 Å². The van der Waals surface area contributed by atoms with Crippen LogP contribution in [-0.4, -0.2) is 6.02 Å². The van der Waals surface area contributed by atoms with Gasteiger partial charge in [-0.1, -0.05) is 12.7 Å². The minimum Gasteiger partial charge on any atom is -0.328 e. The van der Waals surface area contributed by atoms with E-state index in [0.717, 1.165) is 0 Å². The van der Waals surface area contributed by atoms with Crippen LogP contribution in [0.15, 0.2) is 0 Å². The van der Waals surface area contributed by atoms with Crippen LogP contribution < -0.4 is 5.73 Å². The Morgan fingerprint density at radius 2 is 2.17 bits per heavy atom. The number of hydrogen-bond acceptors (Lipinski definition) is 1. The molecule has 1 heteroatoms. The van der Waals surface area contributed by atoms with Crippen LogP contribution in [-0.2, 0) is 0 Å². The van der Waals surface area contributed by atoms with E-state index in [1.165, 1.54) is 0 Å². The fourth-order valence-electron chi connectivity index (χ4n) is 0.228. The van der Waals surface area contributed by atoms with Crippen molar-refractivity contribution >= 4 is 0 Å². The largest absolute Gasteiger partial charge is 0.328 e. The molecule has 0 unspecified atom stereocenters. The first kappa shape index (κ1) is 0.655. The monoisotopic (exact) mass is 94.1 g/mol. The summed E-state index contributed by atoms with van der Waals surface area (Å²) in [5.41, 5.74) is 5.12. The van der Waals surface area contributed by atoms with E-state index in [9.17, 15) is 0 Å². The number of rotatable bonds is 0. The van der Waals surface area contributed by atoms with Crippen molar-refractivity contribution < 1.29 is 12.3 Å². The molecule has 36 valence electrons. The second-order valence-electron chi connectivity index (χ2n) is 0.914. The second kappa shape index (κ2) is 1.61. The van der Waals surface area contributed by atoms with Gasteiger partial charge in [0.1, 0.15) is 0 Å². The van der Waals surface area contributed by atoms with Gasteiger partial charge in [-0.15, -0.1) is 0 Å². The molecule has 0 aromatic carbocycles. The molecule has 0 aromatic rings. The first-order valence-electron chi connectivity index (χ1n) is 6.04. The number of nitrogens with two attached hydrogens (primary N) is 1. The summed E-state index contributed by atoms with van der Waals surface area (Å²) in [5.74, 6) is 0. The van der Waals surface area contributed by atoms with Crippen LogP contribution in [0.4, 0.5) is 0 Å². The highest BCUT2D eigenvalue weighted by molar-refractivity contribution is 4.67. The molecule has 1 fully saturated rings. The van der Waals surface area contributed by atoms with Crippen molar-refractivity contribution in [2.24, 2.45) is 5.73 Å². The lowest BCUT2D eigenvalue weighted by Crippen LogP contribution is -2.13. The van der Waals surface area contributed by atoms with Crippen molar-refractivity contribution in [3.8, 4) is 0 Å². The Bertz CT molecular complexity index is 203. The van der Waals surface area contributed by atoms with E-state index in [-0.39, 0.29) is 0 Å². The summed E-state index contributed by atoms with van der Waals surface area (Å²) in [6.07, 6.45) is -12.6. The molecule has 2 N–H and O–H groups in total. The molecule has 1 aliphatic rings. The lowest BCUT2D eigenvalue weighted by atomic mass is 10.3. The molecule has 0 heterocycles. The molecular formula is C5H11N. The van der Waals surface area contributed by atoms with Gasteiger partial charge in [-0.25, -0.2) is 0 Å². The molecule has 0 spiro atoms. The molecule has 0 aliphatic heterocycles. The molecule has 1 aliphatic carbocycles. The summed E-state index contributed by atoms with van der Waals surface area (Å²) >= 11 is 0. The Labute approximate surface area is 51.2 Å². The highest BCUT2D eigenvalue weighted by Crippen LogP contribution is 2.14. The zero-order chi connectivity index (χ0) is 12.5. The Balaban J connectivity index is 3.55. The van der Waals surface area contributed by atoms with E-state index < -0.39 is 31.5 Å². The van der Waals surface area contributed by atoms with E-state index in [4.69, 9.17) is 18.1 Å². The summed E-state index contributed by atoms with van der Waals surface area (Å²) in [6, 6.07) is -2.98. The highest BCUT2D eigenvalue weighted by atomic mass is 14.6. The SMILES string of the molecule is [2H]C1([2H])C([2H])([2H])C([2H])([2H])C([2H])(N)C1([2H])[2H]. The zero-order valence-corrected chi connectivity index (χ0v) is 3.08. The summed E-state index contributed by atoms with van der Waals surface area (Å²) in [4.78, 5) is 0. The standard InChI is InChI=1S/C5H11N/c6-5-3-1-2-4-5/h5H,1-4,6H2/i1D2,2D2,3D2,4D2,5D. The van der Waals surface area contributed by atoms with Gasteiger partial charge in [-0.05, 0) is 12.7 Å². The van der Waals surface area contributed by atoms with Crippen LogP contribution >= 0.6 is 0 Å². The fourth-order valence-corrected chi connectivity index (χ4v) is 0.228. The third-order valence-electron chi connectivity index (χ3n) is 0.457. The molecule has 0 amide bonds. The molecule has 0 aromatic heterocycles. The van der Waals surface area contributed by atoms with E-state index >= 15 is 0 Å². The van der Waals surface area contributed by atoms with Crippen LogP contribution in [0.2, 0.25) is 0 Å². The predicted molar refractivity (Wildman–Crippen MR) is 26.4 cm³/mol. The zero-order valence-electron chi connectivity index (χ0n) is 12.1. The van der Waals surface area contributed by atoms with Crippen LogP contribution in [0.1, 0.15) is 37.8 Å². The van der Waals surface area contributed by atoms with Crippen molar-refractivity contribution in [2.75, 3.05) is 0 Å². The Hall–Kier alpha value is -0.0400. The molecule has 0 bridgehead atoms. The molecular weight excluding hydrogens is 74.1 g/mol. The van der Waals surface area contributed by atoms with Crippen molar-refractivity contribution in [3.05, 3.63) is 0 Å². The molecule has 1 nitrogen and oxygen atoms in total. The van der Waals surface area contributed by atoms with Gasteiger partial charge in [0.2, 0.25) is 0 Å². The van der Waals surface area contributed by atoms with E-state index in [1.54, 1.807) is 0 Å². The van der Waals surface area contributed by atoms with Gasteiger partial charge >= 0.3 is 0 Å². The van der Waals surface area contributed by atoms with Gasteiger partial charge < -0.3 is 5.73 Å². The van der Waals surface area contributed by atoms with Gasteiger partial charge in [-0.3, -0.25) is 0 Å². The Kier molecular flexibility index (Phi) is 0.175. The lowest BCUT2D eigenvalue weighted by molar-refractivity contribution is 0.704. The normalized spacial score (nSPS) is 86.5. The maximum atomic E-state index is 7.35. The minimum absolute atomic E-state index is 2.98. The van der Waals surface area contributed by atoms with Gasteiger partial charge in [0, 0.05) is 18.4 Å². The average Bonchev–Trinajstić information content (AvgIpc) is 2.04. The van der Waals surface area contributed by atoms with Gasteiger partial charge in [0.15, 0.2) is 0 Å². The van der Waals surface area contributed by atoms with Crippen molar-refractivity contribution in [1.29, 1.82) is 0 Å². The number of hydrogen-bond donors (Lipinski definition) is 1. The minimum atomic E-state index is -3.17. The van der Waals surface area contributed by atoms with E-state index in [0.29, 0.717) is 0 Å². The highest BCUT2D eigenvalue weighted by Gasteiger charge is 2.07. The van der Waals surface area contributed by atoms with Crippen LogP contribution in [0.25, 0.3) is 0 Å². The summed E-state index contributed by atoms with van der Waals surface area (Å²) < 4.78 is 65.7. The molecule has 0 saturated heterocycles. The summed E-state index contributed by atoms with van der Waals surface area (Å²) in [7, 11) is 0. The van der Waals surface area contributed by atoms with Crippen LogP contribution in [0, 0.1) is 0 Å². The van der Waals surface area contributed by atoms with Gasteiger partial charge in [0.05, 0.1) is 0 Å². The van der Waals surface area contributed by atoms with Gasteiger partial charge in [0.25, 0.3) is 0 Å². The third kappa shape index (κ3) is 0.716. The smallest absolute Gasteiger partial charge is 0.0462 e. The average molecular weight is 94.2 g/mol. The molecule has 0 atom stereocenters. The van der Waals surface area contributed by atoms with Crippen molar-refractivity contribution in [3.63, 3.8) is 0 Å². The van der Waals surface area contributed by atoms with Crippen LogP contribution in [0.3, 0.4) is 0 Å². The van der Waals surface area contributed by atoms with E-state index in [2.05, 4.69) is 0 Å². The first-order chi connectivity index (χ1) is 6.25. The second-order valence-corrected chi connectivity index (χ2v) is 0.914. The molecule has 1 rings (SSSR count). The molecule has 6 heavy (non-hydrogen) atoms. The molecule has 1 saturated carbocycles. The predicted octanol–water partition coefficient (Wildman–Crippen LogP) is 0.888. The quantitative estimate of drug-likeness (QED) is 0.474. The van der Waals surface area contributed by atoms with E-state index in [1.807, 2.05) is 0 Å². The third-order valence-corrected chi connectivity index (χ3v) is 0.457. The maximum Gasteiger partial charge on any atom is 0.0462 e. The summed E-state index contributed by atoms with van der Waals surface area (Å²) in [6.45, 7) is 0. The topological polar surface area (TPSA) is 26.0 Å². The van der Waals surface area contributed by atoms with Gasteiger partial charge in [-0.2, -0.15) is 0 Å². The summed E-state index contributed by atoms with van der Waals surface area (Å²) in [5, 5.41) is 0. The van der Waals surface area contributed by atoms with Crippen molar-refractivity contribution in [1.82, 2.24) is 0 Å². The Morgan fingerprint density at radius 3 is 2.33 bits per heavy atom. The van der Waals surface area contributed by atoms with Crippen LogP contribution in [0.5, 0.6) is 0 Å².